The molecule has 2 aliphatic rings. The van der Waals surface area contributed by atoms with Gasteiger partial charge in [-0.3, -0.25) is 0 Å². The van der Waals surface area contributed by atoms with E-state index < -0.39 is 0 Å². The van der Waals surface area contributed by atoms with Crippen LogP contribution >= 0.6 is 0 Å². The van der Waals surface area contributed by atoms with Crippen molar-refractivity contribution in [2.24, 2.45) is 0 Å². The Kier molecular flexibility index (Phi) is 8.05. The SMILES string of the molecule is CCNC(C)CCCCN1CCC(N2CCCCC2)CC1. The summed E-state index contributed by atoms with van der Waals surface area (Å²) in [7, 11) is 0. The fourth-order valence-corrected chi connectivity index (χ4v) is 4.03. The van der Waals surface area contributed by atoms with Gasteiger partial charge in [0.2, 0.25) is 0 Å². The van der Waals surface area contributed by atoms with Crippen molar-refractivity contribution >= 4 is 0 Å². The van der Waals surface area contributed by atoms with E-state index in [2.05, 4.69) is 29.0 Å². The summed E-state index contributed by atoms with van der Waals surface area (Å²) >= 11 is 0. The third kappa shape index (κ3) is 6.25. The average molecular weight is 296 g/mol. The van der Waals surface area contributed by atoms with Gasteiger partial charge in [0.25, 0.3) is 0 Å². The quantitative estimate of drug-likeness (QED) is 0.694. The van der Waals surface area contributed by atoms with Gasteiger partial charge in [-0.2, -0.15) is 0 Å². The number of piperidine rings is 2. The van der Waals surface area contributed by atoms with E-state index in [0.717, 1.165) is 12.6 Å². The van der Waals surface area contributed by atoms with E-state index in [9.17, 15) is 0 Å². The lowest BCUT2D eigenvalue weighted by Crippen LogP contribution is -2.46. The summed E-state index contributed by atoms with van der Waals surface area (Å²) in [6, 6.07) is 1.59. The summed E-state index contributed by atoms with van der Waals surface area (Å²) in [6.45, 7) is 12.3. The number of nitrogens with one attached hydrogen (secondary N) is 1. The van der Waals surface area contributed by atoms with E-state index >= 15 is 0 Å². The molecular weight excluding hydrogens is 258 g/mol. The van der Waals surface area contributed by atoms with Crippen LogP contribution < -0.4 is 5.32 Å². The topological polar surface area (TPSA) is 18.5 Å². The first-order chi connectivity index (χ1) is 10.3. The van der Waals surface area contributed by atoms with Crippen molar-refractivity contribution in [2.75, 3.05) is 39.3 Å². The van der Waals surface area contributed by atoms with Crippen molar-refractivity contribution in [3.63, 3.8) is 0 Å². The molecule has 2 fully saturated rings. The summed E-state index contributed by atoms with van der Waals surface area (Å²) in [5.74, 6) is 0. The smallest absolute Gasteiger partial charge is 0.0120 e. The third-order valence-corrected chi connectivity index (χ3v) is 5.38. The molecule has 21 heavy (non-hydrogen) atoms. The zero-order chi connectivity index (χ0) is 14.9. The molecule has 3 nitrogen and oxygen atoms in total. The number of nitrogens with zero attached hydrogens (tertiary/aromatic N) is 2. The van der Waals surface area contributed by atoms with Gasteiger partial charge in [-0.25, -0.2) is 0 Å². The van der Waals surface area contributed by atoms with Crippen molar-refractivity contribution in [1.29, 1.82) is 0 Å². The van der Waals surface area contributed by atoms with Crippen LogP contribution in [0, 0.1) is 0 Å². The Hall–Kier alpha value is -0.120. The maximum Gasteiger partial charge on any atom is 0.0120 e. The van der Waals surface area contributed by atoms with Gasteiger partial charge in [0.1, 0.15) is 0 Å². The molecule has 0 aromatic carbocycles. The Labute approximate surface area is 132 Å². The first-order valence-electron chi connectivity index (χ1n) is 9.49. The molecule has 0 bridgehead atoms. The second-order valence-corrected chi connectivity index (χ2v) is 7.12. The third-order valence-electron chi connectivity index (χ3n) is 5.38. The molecule has 0 aliphatic carbocycles. The van der Waals surface area contributed by atoms with E-state index in [0.29, 0.717) is 6.04 Å². The number of likely N-dealkylation sites (tertiary alicyclic amines) is 2. The minimum Gasteiger partial charge on any atom is -0.315 e. The monoisotopic (exact) mass is 295 g/mol. The second-order valence-electron chi connectivity index (χ2n) is 7.12. The molecule has 0 spiro atoms. The lowest BCUT2D eigenvalue weighted by molar-refractivity contribution is 0.0917. The van der Waals surface area contributed by atoms with Crippen molar-refractivity contribution in [1.82, 2.24) is 15.1 Å². The van der Waals surface area contributed by atoms with E-state index in [1.807, 2.05) is 0 Å². The minimum atomic E-state index is 0.694. The molecule has 3 heteroatoms. The Morgan fingerprint density at radius 1 is 1.00 bits per heavy atom. The lowest BCUT2D eigenvalue weighted by atomic mass is 9.99. The maximum absolute atomic E-state index is 3.51. The molecule has 0 aromatic rings. The first kappa shape index (κ1) is 17.2. The lowest BCUT2D eigenvalue weighted by Gasteiger charge is -2.40. The highest BCUT2D eigenvalue weighted by molar-refractivity contribution is 4.81. The van der Waals surface area contributed by atoms with Crippen molar-refractivity contribution in [3.05, 3.63) is 0 Å². The number of rotatable bonds is 8. The van der Waals surface area contributed by atoms with Crippen LogP contribution in [0.4, 0.5) is 0 Å². The number of hydrogen-bond acceptors (Lipinski definition) is 3. The van der Waals surface area contributed by atoms with Crippen molar-refractivity contribution in [2.45, 2.75) is 77.3 Å². The molecule has 2 heterocycles. The molecule has 0 saturated carbocycles. The molecule has 1 atom stereocenters. The first-order valence-corrected chi connectivity index (χ1v) is 9.49. The fraction of sp³-hybridized carbons (Fsp3) is 1.00. The van der Waals surface area contributed by atoms with Gasteiger partial charge in [-0.15, -0.1) is 0 Å². The Balaban J connectivity index is 1.52. The standard InChI is InChI=1S/C18H37N3/c1-3-19-17(2)9-5-8-12-20-15-10-18(11-16-20)21-13-6-4-7-14-21/h17-19H,3-16H2,1-2H3. The van der Waals surface area contributed by atoms with E-state index in [4.69, 9.17) is 0 Å². The normalized spacial score (nSPS) is 24.3. The predicted molar refractivity (Wildman–Crippen MR) is 91.9 cm³/mol. The fourth-order valence-electron chi connectivity index (χ4n) is 4.03. The second kappa shape index (κ2) is 9.81. The van der Waals surface area contributed by atoms with Crippen LogP contribution in [0.15, 0.2) is 0 Å². The molecule has 124 valence electrons. The predicted octanol–water partition coefficient (Wildman–Crippen LogP) is 3.11. The maximum atomic E-state index is 3.51. The van der Waals surface area contributed by atoms with Crippen LogP contribution in [-0.2, 0) is 0 Å². The van der Waals surface area contributed by atoms with Gasteiger partial charge in [0.15, 0.2) is 0 Å². The van der Waals surface area contributed by atoms with Gasteiger partial charge in [-0.1, -0.05) is 19.8 Å². The molecule has 2 aliphatic heterocycles. The molecular formula is C18H37N3. The molecule has 0 radical (unpaired) electrons. The zero-order valence-electron chi connectivity index (χ0n) is 14.4. The molecule has 0 amide bonds. The Morgan fingerprint density at radius 3 is 2.38 bits per heavy atom. The summed E-state index contributed by atoms with van der Waals surface area (Å²) in [5.41, 5.74) is 0. The van der Waals surface area contributed by atoms with Crippen molar-refractivity contribution < 1.29 is 0 Å². The molecule has 1 N–H and O–H groups in total. The number of hydrogen-bond donors (Lipinski definition) is 1. The molecule has 1 unspecified atom stereocenters. The van der Waals surface area contributed by atoms with Gasteiger partial charge in [-0.05, 0) is 84.7 Å². The average Bonchev–Trinajstić information content (AvgIpc) is 2.53. The van der Waals surface area contributed by atoms with E-state index in [-0.39, 0.29) is 0 Å². The molecule has 2 rings (SSSR count). The number of unbranched alkanes of at least 4 members (excludes halogenated alkanes) is 1. The van der Waals surface area contributed by atoms with Gasteiger partial charge in [0, 0.05) is 12.1 Å². The minimum absolute atomic E-state index is 0.694. The Morgan fingerprint density at radius 2 is 1.71 bits per heavy atom. The summed E-state index contributed by atoms with van der Waals surface area (Å²) in [4.78, 5) is 5.48. The van der Waals surface area contributed by atoms with Crippen LogP contribution in [0.3, 0.4) is 0 Å². The zero-order valence-corrected chi connectivity index (χ0v) is 14.4. The van der Waals surface area contributed by atoms with E-state index in [1.165, 1.54) is 84.1 Å². The van der Waals surface area contributed by atoms with Gasteiger partial charge in [0.05, 0.1) is 0 Å². The largest absolute Gasteiger partial charge is 0.315 e. The Bertz CT molecular complexity index is 255. The van der Waals surface area contributed by atoms with Crippen LogP contribution in [0.5, 0.6) is 0 Å². The summed E-state index contributed by atoms with van der Waals surface area (Å²) in [5, 5.41) is 3.51. The van der Waals surface area contributed by atoms with Crippen LogP contribution in [0.25, 0.3) is 0 Å². The summed E-state index contributed by atoms with van der Waals surface area (Å²) in [6.07, 6.45) is 11.2. The highest BCUT2D eigenvalue weighted by Gasteiger charge is 2.25. The van der Waals surface area contributed by atoms with Crippen LogP contribution in [0.2, 0.25) is 0 Å². The highest BCUT2D eigenvalue weighted by Crippen LogP contribution is 2.21. The van der Waals surface area contributed by atoms with Crippen LogP contribution in [0.1, 0.15) is 65.2 Å². The van der Waals surface area contributed by atoms with Gasteiger partial charge < -0.3 is 15.1 Å². The molecule has 0 aromatic heterocycles. The molecule has 2 saturated heterocycles. The van der Waals surface area contributed by atoms with Gasteiger partial charge >= 0.3 is 0 Å². The van der Waals surface area contributed by atoms with E-state index in [1.54, 1.807) is 0 Å². The van der Waals surface area contributed by atoms with Crippen LogP contribution in [-0.4, -0.2) is 61.2 Å². The van der Waals surface area contributed by atoms with Crippen molar-refractivity contribution in [3.8, 4) is 0 Å². The highest BCUT2D eigenvalue weighted by atomic mass is 15.2. The summed E-state index contributed by atoms with van der Waals surface area (Å²) < 4.78 is 0.